The summed E-state index contributed by atoms with van der Waals surface area (Å²) in [5.41, 5.74) is 1.08. The molecule has 0 fully saturated rings. The van der Waals surface area contributed by atoms with Crippen molar-refractivity contribution in [2.24, 2.45) is 0 Å². The van der Waals surface area contributed by atoms with E-state index in [-0.39, 0.29) is 12.6 Å². The number of fused-ring (bicyclic) bond motifs is 1. The van der Waals surface area contributed by atoms with Crippen molar-refractivity contribution in [3.63, 3.8) is 0 Å². The van der Waals surface area contributed by atoms with Gasteiger partial charge in [-0.15, -0.1) is 11.3 Å². The van der Waals surface area contributed by atoms with E-state index in [1.165, 1.54) is 4.70 Å². The fraction of sp³-hybridized carbons (Fsp3) is 0.462. The molecule has 17 heavy (non-hydrogen) atoms. The number of nitrogens with zero attached hydrogens (tertiary/aromatic N) is 1. The Bertz CT molecular complexity index is 436. The van der Waals surface area contributed by atoms with E-state index in [0.29, 0.717) is 0 Å². The van der Waals surface area contributed by atoms with Crippen molar-refractivity contribution in [3.05, 3.63) is 29.3 Å². The van der Waals surface area contributed by atoms with Crippen LogP contribution in [0.15, 0.2) is 24.3 Å². The Labute approximate surface area is 106 Å². The van der Waals surface area contributed by atoms with Crippen LogP contribution in [0.1, 0.15) is 30.8 Å². The van der Waals surface area contributed by atoms with Gasteiger partial charge in [0.1, 0.15) is 5.01 Å². The predicted molar refractivity (Wildman–Crippen MR) is 72.4 cm³/mol. The van der Waals surface area contributed by atoms with Crippen LogP contribution in [0, 0.1) is 0 Å². The lowest BCUT2D eigenvalue weighted by molar-refractivity contribution is 0.283. The highest BCUT2D eigenvalue weighted by Crippen LogP contribution is 2.25. The minimum atomic E-state index is 0.275. The van der Waals surface area contributed by atoms with Crippen molar-refractivity contribution in [2.75, 3.05) is 13.2 Å². The van der Waals surface area contributed by atoms with Gasteiger partial charge in [0.05, 0.1) is 16.3 Å². The molecule has 2 aromatic rings. The molecule has 3 nitrogen and oxygen atoms in total. The van der Waals surface area contributed by atoms with Gasteiger partial charge in [-0.2, -0.15) is 0 Å². The van der Waals surface area contributed by atoms with Crippen molar-refractivity contribution in [1.82, 2.24) is 10.3 Å². The zero-order chi connectivity index (χ0) is 12.1. The summed E-state index contributed by atoms with van der Waals surface area (Å²) in [6.07, 6.45) is 1.87. The van der Waals surface area contributed by atoms with Crippen molar-refractivity contribution < 1.29 is 5.11 Å². The van der Waals surface area contributed by atoms with E-state index in [2.05, 4.69) is 23.3 Å². The van der Waals surface area contributed by atoms with E-state index in [1.807, 2.05) is 18.2 Å². The highest BCUT2D eigenvalue weighted by Gasteiger charge is 2.09. The minimum absolute atomic E-state index is 0.275. The molecule has 0 saturated heterocycles. The van der Waals surface area contributed by atoms with E-state index in [0.717, 1.165) is 29.9 Å². The molecule has 1 heterocycles. The molecular weight excluding hydrogens is 232 g/mol. The Balaban J connectivity index is 1.96. The third-order valence-corrected chi connectivity index (χ3v) is 3.94. The molecule has 1 unspecified atom stereocenters. The van der Waals surface area contributed by atoms with Gasteiger partial charge in [-0.05, 0) is 38.4 Å². The monoisotopic (exact) mass is 250 g/mol. The Hall–Kier alpha value is -0.970. The molecule has 2 rings (SSSR count). The third-order valence-electron chi connectivity index (χ3n) is 2.72. The van der Waals surface area contributed by atoms with Gasteiger partial charge in [-0.25, -0.2) is 4.98 Å². The highest BCUT2D eigenvalue weighted by molar-refractivity contribution is 7.18. The molecule has 0 spiro atoms. The average molecular weight is 250 g/mol. The SMILES string of the molecule is CC(NCCCCO)c1nc2ccccc2s1. The second-order valence-electron chi connectivity index (χ2n) is 4.13. The minimum Gasteiger partial charge on any atom is -0.396 e. The van der Waals surface area contributed by atoms with Crippen LogP contribution in [0.25, 0.3) is 10.2 Å². The first-order chi connectivity index (χ1) is 8.31. The standard InChI is InChI=1S/C13H18N2OS/c1-10(14-8-4-5-9-16)13-15-11-6-2-3-7-12(11)17-13/h2-3,6-7,10,14,16H,4-5,8-9H2,1H3. The van der Waals surface area contributed by atoms with Crippen LogP contribution in [0.3, 0.4) is 0 Å². The first-order valence-electron chi connectivity index (χ1n) is 6.01. The molecule has 0 aliphatic heterocycles. The molecule has 0 radical (unpaired) electrons. The molecule has 1 aromatic heterocycles. The number of aliphatic hydroxyl groups is 1. The number of hydrogen-bond donors (Lipinski definition) is 2. The Morgan fingerprint density at radius 1 is 1.35 bits per heavy atom. The van der Waals surface area contributed by atoms with Gasteiger partial charge in [0, 0.05) is 6.61 Å². The fourth-order valence-electron chi connectivity index (χ4n) is 1.72. The number of rotatable bonds is 6. The molecule has 2 N–H and O–H groups in total. The molecule has 0 bridgehead atoms. The van der Waals surface area contributed by atoms with Gasteiger partial charge in [-0.1, -0.05) is 12.1 Å². The molecule has 0 aliphatic rings. The number of para-hydroxylation sites is 1. The number of aromatic nitrogens is 1. The Morgan fingerprint density at radius 2 is 2.18 bits per heavy atom. The zero-order valence-corrected chi connectivity index (χ0v) is 10.8. The summed E-state index contributed by atoms with van der Waals surface area (Å²) in [6.45, 7) is 3.34. The van der Waals surface area contributed by atoms with Crippen LogP contribution in [0.5, 0.6) is 0 Å². The number of aliphatic hydroxyl groups excluding tert-OH is 1. The second-order valence-corrected chi connectivity index (χ2v) is 5.19. The summed E-state index contributed by atoms with van der Waals surface area (Å²) in [4.78, 5) is 4.62. The summed E-state index contributed by atoms with van der Waals surface area (Å²) >= 11 is 1.75. The van der Waals surface area contributed by atoms with Crippen LogP contribution in [-0.2, 0) is 0 Å². The normalized spacial score (nSPS) is 13.1. The van der Waals surface area contributed by atoms with Crippen molar-refractivity contribution >= 4 is 21.6 Å². The van der Waals surface area contributed by atoms with Gasteiger partial charge in [0.25, 0.3) is 0 Å². The summed E-state index contributed by atoms with van der Waals surface area (Å²) in [7, 11) is 0. The van der Waals surface area contributed by atoms with Gasteiger partial charge >= 0.3 is 0 Å². The lowest BCUT2D eigenvalue weighted by atomic mass is 10.3. The summed E-state index contributed by atoms with van der Waals surface area (Å²) < 4.78 is 1.24. The number of nitrogens with one attached hydrogen (secondary N) is 1. The number of hydrogen-bond acceptors (Lipinski definition) is 4. The second kappa shape index (κ2) is 6.10. The predicted octanol–water partition coefficient (Wildman–Crippen LogP) is 2.72. The molecule has 92 valence electrons. The molecule has 0 amide bonds. The lowest BCUT2D eigenvalue weighted by Gasteiger charge is -2.10. The van der Waals surface area contributed by atoms with Crippen molar-refractivity contribution in [3.8, 4) is 0 Å². The Kier molecular flexibility index (Phi) is 4.48. The summed E-state index contributed by atoms with van der Waals surface area (Å²) in [5.74, 6) is 0. The topological polar surface area (TPSA) is 45.1 Å². The summed E-state index contributed by atoms with van der Waals surface area (Å²) in [6, 6.07) is 8.50. The van der Waals surface area contributed by atoms with E-state index >= 15 is 0 Å². The molecule has 4 heteroatoms. The molecule has 1 atom stereocenters. The van der Waals surface area contributed by atoms with E-state index < -0.39 is 0 Å². The smallest absolute Gasteiger partial charge is 0.111 e. The zero-order valence-electron chi connectivity index (χ0n) is 10.0. The van der Waals surface area contributed by atoms with Crippen LogP contribution in [0.4, 0.5) is 0 Å². The molecular formula is C13H18N2OS. The van der Waals surface area contributed by atoms with Gasteiger partial charge in [-0.3, -0.25) is 0 Å². The fourth-order valence-corrected chi connectivity index (χ4v) is 2.71. The Morgan fingerprint density at radius 3 is 2.94 bits per heavy atom. The molecule has 0 saturated carbocycles. The first kappa shape index (κ1) is 12.5. The highest BCUT2D eigenvalue weighted by atomic mass is 32.1. The van der Waals surface area contributed by atoms with Crippen molar-refractivity contribution in [2.45, 2.75) is 25.8 Å². The van der Waals surface area contributed by atoms with E-state index in [1.54, 1.807) is 11.3 Å². The first-order valence-corrected chi connectivity index (χ1v) is 6.82. The van der Waals surface area contributed by atoms with E-state index in [9.17, 15) is 0 Å². The number of benzene rings is 1. The maximum Gasteiger partial charge on any atom is 0.111 e. The van der Waals surface area contributed by atoms with Gasteiger partial charge in [0.15, 0.2) is 0 Å². The van der Waals surface area contributed by atoms with Crippen LogP contribution >= 0.6 is 11.3 Å². The molecule has 0 aliphatic carbocycles. The average Bonchev–Trinajstić information content (AvgIpc) is 2.78. The molecule has 1 aromatic carbocycles. The maximum absolute atomic E-state index is 8.71. The van der Waals surface area contributed by atoms with Crippen LogP contribution < -0.4 is 5.32 Å². The van der Waals surface area contributed by atoms with Gasteiger partial charge in [0.2, 0.25) is 0 Å². The summed E-state index contributed by atoms with van der Waals surface area (Å²) in [5, 5.41) is 13.3. The van der Waals surface area contributed by atoms with Crippen LogP contribution in [0.2, 0.25) is 0 Å². The van der Waals surface area contributed by atoms with E-state index in [4.69, 9.17) is 5.11 Å². The lowest BCUT2D eigenvalue weighted by Crippen LogP contribution is -2.19. The number of unbranched alkanes of at least 4 members (excludes halogenated alkanes) is 1. The third kappa shape index (κ3) is 3.25. The number of thiazole rings is 1. The largest absolute Gasteiger partial charge is 0.396 e. The maximum atomic E-state index is 8.71. The quantitative estimate of drug-likeness (QED) is 0.775. The van der Waals surface area contributed by atoms with Crippen LogP contribution in [-0.4, -0.2) is 23.2 Å². The van der Waals surface area contributed by atoms with Gasteiger partial charge < -0.3 is 10.4 Å². The van der Waals surface area contributed by atoms with Crippen molar-refractivity contribution in [1.29, 1.82) is 0 Å².